The van der Waals surface area contributed by atoms with Gasteiger partial charge in [0.2, 0.25) is 0 Å². The van der Waals surface area contributed by atoms with Gasteiger partial charge in [0.1, 0.15) is 11.4 Å². The number of non-ortho nitro benzene ring substituents is 1. The number of carbonyl (C=O) groups is 2. The zero-order valence-corrected chi connectivity index (χ0v) is 17.7. The third kappa shape index (κ3) is 5.80. The van der Waals surface area contributed by atoms with Crippen LogP contribution in [0, 0.1) is 10.1 Å². The van der Waals surface area contributed by atoms with E-state index in [1.165, 1.54) is 43.5 Å². The minimum absolute atomic E-state index is 0.0194. The van der Waals surface area contributed by atoms with Crippen molar-refractivity contribution in [2.75, 3.05) is 12.4 Å². The average molecular weight is 486 g/mol. The molecular weight excluding hydrogens is 470 g/mol. The Balaban J connectivity index is 1.90. The first-order chi connectivity index (χ1) is 14.9. The Hall–Kier alpha value is -3.92. The van der Waals surface area contributed by atoms with E-state index in [2.05, 4.69) is 26.6 Å². The Morgan fingerprint density at radius 3 is 2.48 bits per heavy atom. The van der Waals surface area contributed by atoms with Crippen LogP contribution in [0.25, 0.3) is 6.08 Å². The van der Waals surface area contributed by atoms with E-state index in [-0.39, 0.29) is 17.1 Å². The van der Waals surface area contributed by atoms with E-state index < -0.39 is 16.7 Å². The van der Waals surface area contributed by atoms with Gasteiger partial charge in [0.25, 0.3) is 17.5 Å². The van der Waals surface area contributed by atoms with Crippen molar-refractivity contribution < 1.29 is 23.7 Å². The number of nitro benzene ring substituents is 1. The van der Waals surface area contributed by atoms with Crippen molar-refractivity contribution in [1.29, 1.82) is 0 Å². The minimum Gasteiger partial charge on any atom is -0.497 e. The first kappa shape index (κ1) is 21.8. The number of benzene rings is 2. The summed E-state index contributed by atoms with van der Waals surface area (Å²) in [5, 5.41) is 16.2. The molecule has 0 atom stereocenters. The van der Waals surface area contributed by atoms with Crippen LogP contribution in [0.2, 0.25) is 0 Å². The monoisotopic (exact) mass is 485 g/mol. The van der Waals surface area contributed by atoms with Crippen molar-refractivity contribution in [3.05, 3.63) is 92.5 Å². The molecule has 0 saturated heterocycles. The third-order valence-corrected chi connectivity index (χ3v) is 4.46. The standard InChI is InChI=1S/C21H16BrN3O6/c1-30-16-7-5-14(6-8-16)23-20(26)17(24-21(27)18-9-10-19(22)31-18)12-13-3-2-4-15(11-13)25(28)29/h2-12H,1H3,(H,23,26)(H,24,27)/b17-12+. The quantitative estimate of drug-likeness (QED) is 0.291. The number of furan rings is 1. The van der Waals surface area contributed by atoms with Crippen LogP contribution in [0.1, 0.15) is 16.1 Å². The van der Waals surface area contributed by atoms with Crippen LogP contribution < -0.4 is 15.4 Å². The maximum atomic E-state index is 12.9. The summed E-state index contributed by atoms with van der Waals surface area (Å²) in [6.07, 6.45) is 1.34. The van der Waals surface area contributed by atoms with Gasteiger partial charge in [0.15, 0.2) is 10.4 Å². The highest BCUT2D eigenvalue weighted by atomic mass is 79.9. The summed E-state index contributed by atoms with van der Waals surface area (Å²) in [6, 6.07) is 15.2. The third-order valence-electron chi connectivity index (χ3n) is 4.03. The van der Waals surface area contributed by atoms with E-state index in [0.29, 0.717) is 21.7 Å². The smallest absolute Gasteiger partial charge is 0.291 e. The second kappa shape index (κ2) is 9.72. The van der Waals surface area contributed by atoms with Gasteiger partial charge in [-0.25, -0.2) is 0 Å². The summed E-state index contributed by atoms with van der Waals surface area (Å²) in [5.41, 5.74) is 0.541. The largest absolute Gasteiger partial charge is 0.497 e. The molecule has 0 unspecified atom stereocenters. The highest BCUT2D eigenvalue weighted by Crippen LogP contribution is 2.19. The number of nitrogens with zero attached hydrogens (tertiary/aromatic N) is 1. The SMILES string of the molecule is COc1ccc(NC(=O)/C(=C\c2cccc([N+](=O)[O-])c2)NC(=O)c2ccc(Br)o2)cc1. The van der Waals surface area contributed by atoms with Crippen LogP contribution in [0.5, 0.6) is 5.75 Å². The van der Waals surface area contributed by atoms with Gasteiger partial charge in [-0.2, -0.15) is 0 Å². The number of carbonyl (C=O) groups excluding carboxylic acids is 2. The molecule has 0 saturated carbocycles. The number of methoxy groups -OCH3 is 1. The van der Waals surface area contributed by atoms with Crippen molar-refractivity contribution in [1.82, 2.24) is 5.32 Å². The number of amides is 2. The number of rotatable bonds is 7. The molecule has 3 rings (SSSR count). The van der Waals surface area contributed by atoms with Crippen LogP contribution in [-0.2, 0) is 4.79 Å². The van der Waals surface area contributed by atoms with Gasteiger partial charge >= 0.3 is 0 Å². The van der Waals surface area contributed by atoms with E-state index in [1.54, 1.807) is 30.3 Å². The van der Waals surface area contributed by atoms with Crippen molar-refractivity contribution in [3.63, 3.8) is 0 Å². The lowest BCUT2D eigenvalue weighted by molar-refractivity contribution is -0.384. The molecule has 158 valence electrons. The molecule has 10 heteroatoms. The van der Waals surface area contributed by atoms with Gasteiger partial charge in [-0.3, -0.25) is 19.7 Å². The second-order valence-electron chi connectivity index (χ2n) is 6.15. The highest BCUT2D eigenvalue weighted by Gasteiger charge is 2.18. The van der Waals surface area contributed by atoms with Gasteiger partial charge in [0.05, 0.1) is 12.0 Å². The number of hydrogen-bond donors (Lipinski definition) is 2. The molecule has 2 aromatic carbocycles. The summed E-state index contributed by atoms with van der Waals surface area (Å²) in [6.45, 7) is 0. The van der Waals surface area contributed by atoms with Crippen molar-refractivity contribution in [2.45, 2.75) is 0 Å². The van der Waals surface area contributed by atoms with Gasteiger partial charge in [-0.05, 0) is 64.0 Å². The molecule has 0 radical (unpaired) electrons. The Labute approximate surface area is 185 Å². The Morgan fingerprint density at radius 2 is 1.87 bits per heavy atom. The molecule has 2 amide bonds. The molecule has 1 heterocycles. The van der Waals surface area contributed by atoms with E-state index in [0.717, 1.165) is 0 Å². The van der Waals surface area contributed by atoms with Crippen molar-refractivity contribution >= 4 is 45.2 Å². The zero-order chi connectivity index (χ0) is 22.4. The Bertz CT molecular complexity index is 1150. The van der Waals surface area contributed by atoms with Gasteiger partial charge in [-0.1, -0.05) is 12.1 Å². The van der Waals surface area contributed by atoms with E-state index in [9.17, 15) is 19.7 Å². The molecule has 31 heavy (non-hydrogen) atoms. The summed E-state index contributed by atoms with van der Waals surface area (Å²) in [4.78, 5) is 35.9. The fourth-order valence-electron chi connectivity index (χ4n) is 2.55. The molecule has 0 spiro atoms. The minimum atomic E-state index is -0.660. The van der Waals surface area contributed by atoms with Crippen molar-refractivity contribution in [3.8, 4) is 5.75 Å². The first-order valence-corrected chi connectivity index (χ1v) is 9.63. The number of hydrogen-bond acceptors (Lipinski definition) is 6. The Morgan fingerprint density at radius 1 is 1.13 bits per heavy atom. The maximum absolute atomic E-state index is 12.9. The molecule has 0 aliphatic carbocycles. The van der Waals surface area contributed by atoms with Crippen LogP contribution in [0.4, 0.5) is 11.4 Å². The lowest BCUT2D eigenvalue weighted by Crippen LogP contribution is -2.30. The molecule has 3 aromatic rings. The van der Waals surface area contributed by atoms with Crippen LogP contribution in [-0.4, -0.2) is 23.8 Å². The molecule has 0 fully saturated rings. The summed E-state index contributed by atoms with van der Waals surface area (Å²) >= 11 is 3.11. The second-order valence-corrected chi connectivity index (χ2v) is 6.93. The molecule has 9 nitrogen and oxygen atoms in total. The number of nitrogens with one attached hydrogen (secondary N) is 2. The van der Waals surface area contributed by atoms with E-state index in [1.807, 2.05) is 0 Å². The van der Waals surface area contributed by atoms with Crippen LogP contribution in [0.15, 0.2) is 75.4 Å². The topological polar surface area (TPSA) is 124 Å². The molecule has 1 aromatic heterocycles. The molecule has 0 bridgehead atoms. The average Bonchev–Trinajstić information content (AvgIpc) is 3.20. The number of ether oxygens (including phenoxy) is 1. The number of nitro groups is 1. The number of halogens is 1. The lowest BCUT2D eigenvalue weighted by atomic mass is 10.1. The normalized spacial score (nSPS) is 11.0. The summed E-state index contributed by atoms with van der Waals surface area (Å²) in [7, 11) is 1.52. The van der Waals surface area contributed by atoms with Gasteiger partial charge in [-0.15, -0.1) is 0 Å². The molecule has 2 N–H and O–H groups in total. The molecule has 0 aliphatic heterocycles. The first-order valence-electron chi connectivity index (χ1n) is 8.84. The Kier molecular flexibility index (Phi) is 6.83. The molecule has 0 aliphatic rings. The van der Waals surface area contributed by atoms with E-state index in [4.69, 9.17) is 9.15 Å². The predicted octanol–water partition coefficient (Wildman–Crippen LogP) is 4.37. The summed E-state index contributed by atoms with van der Waals surface area (Å²) < 4.78 is 10.6. The van der Waals surface area contributed by atoms with Gasteiger partial charge < -0.3 is 19.8 Å². The fourth-order valence-corrected chi connectivity index (χ4v) is 2.85. The van der Waals surface area contributed by atoms with Crippen molar-refractivity contribution in [2.24, 2.45) is 0 Å². The molecular formula is C21H16BrN3O6. The lowest BCUT2D eigenvalue weighted by Gasteiger charge is -2.11. The van der Waals surface area contributed by atoms with E-state index >= 15 is 0 Å². The van der Waals surface area contributed by atoms with Crippen LogP contribution >= 0.6 is 15.9 Å². The highest BCUT2D eigenvalue weighted by molar-refractivity contribution is 9.10. The number of anilines is 1. The van der Waals surface area contributed by atoms with Gasteiger partial charge in [0, 0.05) is 17.8 Å². The van der Waals surface area contributed by atoms with Crippen LogP contribution in [0.3, 0.4) is 0 Å². The maximum Gasteiger partial charge on any atom is 0.291 e. The fraction of sp³-hybridized carbons (Fsp3) is 0.0476. The zero-order valence-electron chi connectivity index (χ0n) is 16.1. The summed E-state index contributed by atoms with van der Waals surface area (Å²) in [5.74, 6) is -0.695. The predicted molar refractivity (Wildman–Crippen MR) is 117 cm³/mol.